The van der Waals surface area contributed by atoms with Crippen molar-refractivity contribution in [3.05, 3.63) is 45.4 Å². The third-order valence-corrected chi connectivity index (χ3v) is 5.58. The summed E-state index contributed by atoms with van der Waals surface area (Å²) in [5.41, 5.74) is 4.04. The number of hydrogen-bond acceptors (Lipinski definition) is 4. The molecule has 0 bridgehead atoms. The Hall–Kier alpha value is -1.81. The molecule has 0 aromatic carbocycles. The predicted molar refractivity (Wildman–Crippen MR) is 133 cm³/mol. The van der Waals surface area contributed by atoms with Crippen LogP contribution in [0, 0.1) is 0 Å². The van der Waals surface area contributed by atoms with Crippen molar-refractivity contribution in [2.24, 2.45) is 4.30 Å². The molecule has 31 heavy (non-hydrogen) atoms. The summed E-state index contributed by atoms with van der Waals surface area (Å²) in [6, 6.07) is 5.86. The standard InChI is InChI=1S/C10H13BrN2O.C10H14N2O.CH4.BHNS/c1-6(2)9-7(11)5-8-10(14)12-3-4-13(8)9;1-7(2)8-3-4-9-10(13)11-5-6-12(8)9;;1-2-3/h5-6H,3-4H2,1-2H3,(H,12,14);3-4,7H,5-6H2,1-2H3,(H,11,13);1H4;3H. The first-order valence-electron chi connectivity index (χ1n) is 9.91. The van der Waals surface area contributed by atoms with Crippen molar-refractivity contribution in [2.75, 3.05) is 13.1 Å². The van der Waals surface area contributed by atoms with Crippen LogP contribution in [0.5, 0.6) is 0 Å². The Labute approximate surface area is 200 Å². The van der Waals surface area contributed by atoms with Crippen LogP contribution >= 0.6 is 28.7 Å². The molecule has 0 unspecified atom stereocenters. The van der Waals surface area contributed by atoms with Crippen molar-refractivity contribution in [3.63, 3.8) is 0 Å². The number of rotatable bonds is 2. The molecule has 0 saturated heterocycles. The van der Waals surface area contributed by atoms with Crippen molar-refractivity contribution in [1.29, 1.82) is 0 Å². The molecular formula is C21H32BBrN5O2S. The summed E-state index contributed by atoms with van der Waals surface area (Å²) < 4.78 is 7.96. The van der Waals surface area contributed by atoms with E-state index in [0.29, 0.717) is 11.8 Å². The van der Waals surface area contributed by atoms with Crippen LogP contribution in [-0.2, 0) is 13.1 Å². The summed E-state index contributed by atoms with van der Waals surface area (Å²) in [7, 11) is 4.34. The van der Waals surface area contributed by atoms with Crippen LogP contribution in [-0.4, -0.2) is 41.7 Å². The fourth-order valence-electron chi connectivity index (χ4n) is 3.73. The van der Waals surface area contributed by atoms with Crippen molar-refractivity contribution in [2.45, 2.75) is 60.0 Å². The van der Waals surface area contributed by atoms with Crippen molar-refractivity contribution >= 4 is 48.2 Å². The first-order valence-corrected chi connectivity index (χ1v) is 11.1. The Bertz CT molecular complexity index is 923. The molecule has 2 aromatic heterocycles. The fourth-order valence-corrected chi connectivity index (χ4v) is 4.61. The van der Waals surface area contributed by atoms with Crippen LogP contribution in [0.4, 0.5) is 0 Å². The van der Waals surface area contributed by atoms with E-state index in [2.05, 4.69) is 88.1 Å². The quantitative estimate of drug-likeness (QED) is 0.417. The van der Waals surface area contributed by atoms with E-state index in [-0.39, 0.29) is 19.2 Å². The van der Waals surface area contributed by atoms with Crippen LogP contribution in [0.15, 0.2) is 27.0 Å². The molecule has 0 aliphatic carbocycles. The van der Waals surface area contributed by atoms with Gasteiger partial charge in [0.25, 0.3) is 11.8 Å². The molecule has 10 heteroatoms. The van der Waals surface area contributed by atoms with Crippen LogP contribution < -0.4 is 10.6 Å². The van der Waals surface area contributed by atoms with Gasteiger partial charge in [0.05, 0.1) is 0 Å². The number of hydrogen-bond donors (Lipinski definition) is 3. The van der Waals surface area contributed by atoms with E-state index in [9.17, 15) is 9.59 Å². The molecule has 2 aliphatic rings. The summed E-state index contributed by atoms with van der Waals surface area (Å²) in [5, 5.41) is 5.67. The Kier molecular flexibility index (Phi) is 10.8. The molecule has 1 radical (unpaired) electrons. The first kappa shape index (κ1) is 27.2. The van der Waals surface area contributed by atoms with Gasteiger partial charge in [-0.2, -0.15) is 0 Å². The number of aromatic nitrogens is 2. The second-order valence-corrected chi connectivity index (χ2v) is 8.73. The minimum absolute atomic E-state index is 0. The van der Waals surface area contributed by atoms with Crippen molar-refractivity contribution < 1.29 is 9.59 Å². The normalized spacial score (nSPS) is 14.0. The van der Waals surface area contributed by atoms with E-state index in [1.54, 1.807) is 0 Å². The summed E-state index contributed by atoms with van der Waals surface area (Å²) >= 11 is 6.70. The summed E-state index contributed by atoms with van der Waals surface area (Å²) in [5.74, 6) is 1.01. The minimum atomic E-state index is 0. The SMILES string of the molecule is C.CC(C)c1c(Br)cc2n1CCNC2=O.CC(C)c1ccc2n1CCNC2=O.[B]=NS. The van der Waals surface area contributed by atoms with Gasteiger partial charge < -0.3 is 19.8 Å². The van der Waals surface area contributed by atoms with Crippen molar-refractivity contribution in [3.8, 4) is 0 Å². The monoisotopic (exact) mass is 508 g/mol. The molecule has 2 aromatic rings. The molecule has 4 rings (SSSR count). The molecule has 2 aliphatic heterocycles. The molecule has 169 valence electrons. The molecule has 0 saturated carbocycles. The molecule has 2 amide bonds. The number of carbonyl (C=O) groups excluding carboxylic acids is 2. The molecule has 2 N–H and O–H groups in total. The van der Waals surface area contributed by atoms with Gasteiger partial charge in [-0.3, -0.25) is 9.59 Å². The Morgan fingerprint density at radius 3 is 2.03 bits per heavy atom. The molecule has 0 spiro atoms. The second-order valence-electron chi connectivity index (χ2n) is 7.65. The van der Waals surface area contributed by atoms with E-state index in [1.807, 2.05) is 18.2 Å². The van der Waals surface area contributed by atoms with Gasteiger partial charge in [0.2, 0.25) is 0 Å². The number of fused-ring (bicyclic) bond motifs is 2. The number of halogens is 1. The topological polar surface area (TPSA) is 80.4 Å². The first-order chi connectivity index (χ1) is 14.2. The summed E-state index contributed by atoms with van der Waals surface area (Å²) in [6.07, 6.45) is 0. The van der Waals surface area contributed by atoms with Crippen LogP contribution in [0.25, 0.3) is 0 Å². The van der Waals surface area contributed by atoms with Gasteiger partial charge in [-0.1, -0.05) is 35.1 Å². The predicted octanol–water partition coefficient (Wildman–Crippen LogP) is 4.29. The van der Waals surface area contributed by atoms with Gasteiger partial charge in [0.1, 0.15) is 11.4 Å². The Balaban J connectivity index is 0.000000268. The zero-order valence-electron chi connectivity index (χ0n) is 17.8. The number of thiol groups is 1. The van der Waals surface area contributed by atoms with E-state index in [1.165, 1.54) is 11.4 Å². The average molecular weight is 509 g/mol. The summed E-state index contributed by atoms with van der Waals surface area (Å²) in [6.45, 7) is 11.8. The molecule has 4 heterocycles. The van der Waals surface area contributed by atoms with Crippen LogP contribution in [0.3, 0.4) is 0 Å². The van der Waals surface area contributed by atoms with Gasteiger partial charge in [0.15, 0.2) is 0 Å². The second kappa shape index (κ2) is 12.3. The molecule has 7 nitrogen and oxygen atoms in total. The molecule has 0 atom stereocenters. The maximum absolute atomic E-state index is 11.5. The number of amides is 2. The zero-order valence-corrected chi connectivity index (χ0v) is 20.3. The third kappa shape index (κ3) is 6.35. The van der Waals surface area contributed by atoms with E-state index < -0.39 is 0 Å². The van der Waals surface area contributed by atoms with Gasteiger partial charge in [-0.25, -0.2) is 0 Å². The molecular weight excluding hydrogens is 477 g/mol. The van der Waals surface area contributed by atoms with E-state index in [0.717, 1.165) is 42.0 Å². The number of carbonyl (C=O) groups is 2. The Morgan fingerprint density at radius 1 is 1.00 bits per heavy atom. The third-order valence-electron chi connectivity index (χ3n) is 4.95. The van der Waals surface area contributed by atoms with Crippen molar-refractivity contribution in [1.82, 2.24) is 19.8 Å². The zero-order chi connectivity index (χ0) is 22.4. The number of nitrogens with one attached hydrogen (secondary N) is 2. The van der Waals surface area contributed by atoms with Crippen LogP contribution in [0.2, 0.25) is 0 Å². The fraction of sp³-hybridized carbons (Fsp3) is 0.524. The van der Waals surface area contributed by atoms with Crippen LogP contribution in [0.1, 0.15) is 79.3 Å². The number of nitrogens with zero attached hydrogens (tertiary/aromatic N) is 3. The molecule has 0 fully saturated rings. The van der Waals surface area contributed by atoms with Gasteiger partial charge in [0, 0.05) is 42.0 Å². The van der Waals surface area contributed by atoms with E-state index >= 15 is 0 Å². The average Bonchev–Trinajstić information content (AvgIpc) is 3.25. The maximum atomic E-state index is 11.5. The van der Waals surface area contributed by atoms with Gasteiger partial charge in [-0.15, -0.1) is 0 Å². The van der Waals surface area contributed by atoms with E-state index in [4.69, 9.17) is 0 Å². The van der Waals surface area contributed by atoms with Gasteiger partial charge >= 0.3 is 24.8 Å². The van der Waals surface area contributed by atoms with Gasteiger partial charge in [-0.05, 0) is 46.0 Å². The Morgan fingerprint density at radius 2 is 1.52 bits per heavy atom. The summed E-state index contributed by atoms with van der Waals surface area (Å²) in [4.78, 5) is 22.9.